The van der Waals surface area contributed by atoms with Gasteiger partial charge >= 0.3 is 0 Å². The van der Waals surface area contributed by atoms with Crippen molar-refractivity contribution in [3.8, 4) is 5.75 Å². The van der Waals surface area contributed by atoms with Gasteiger partial charge in [-0.1, -0.05) is 0 Å². The Bertz CT molecular complexity index is 403. The van der Waals surface area contributed by atoms with Gasteiger partial charge in [-0.05, 0) is 37.1 Å². The second kappa shape index (κ2) is 7.87. The molecule has 1 N–H and O–H groups in total. The van der Waals surface area contributed by atoms with Crippen LogP contribution in [0.3, 0.4) is 0 Å². The van der Waals surface area contributed by atoms with Crippen LogP contribution in [0.4, 0.5) is 0 Å². The molecule has 0 aliphatic carbocycles. The first kappa shape index (κ1) is 14.7. The van der Waals surface area contributed by atoms with Crippen molar-refractivity contribution in [3.05, 3.63) is 24.3 Å². The van der Waals surface area contributed by atoms with E-state index >= 15 is 0 Å². The summed E-state index contributed by atoms with van der Waals surface area (Å²) in [5.74, 6) is 1.36. The van der Waals surface area contributed by atoms with Crippen molar-refractivity contribution >= 4 is 16.7 Å². The molecule has 1 aromatic carbocycles. The van der Waals surface area contributed by atoms with Crippen LogP contribution in [-0.4, -0.2) is 29.5 Å². The molecule has 0 bridgehead atoms. The lowest BCUT2D eigenvalue weighted by Crippen LogP contribution is -2.21. The van der Waals surface area contributed by atoms with Gasteiger partial charge in [0.15, 0.2) is 0 Å². The van der Waals surface area contributed by atoms with Crippen LogP contribution >= 0.6 is 0 Å². The number of unbranched alkanes of at least 4 members (excludes halogenated alkanes) is 1. The SMILES string of the molecule is COc1ccc(S(=O)CCCCNC(C)=O)cc1. The Kier molecular flexibility index (Phi) is 6.43. The van der Waals surface area contributed by atoms with Crippen LogP contribution in [0.25, 0.3) is 0 Å². The highest BCUT2D eigenvalue weighted by Crippen LogP contribution is 2.14. The van der Waals surface area contributed by atoms with E-state index in [0.717, 1.165) is 23.5 Å². The van der Waals surface area contributed by atoms with Gasteiger partial charge in [0.25, 0.3) is 0 Å². The zero-order valence-corrected chi connectivity index (χ0v) is 11.6. The molecule has 0 spiro atoms. The standard InChI is InChI=1S/C13H19NO3S/c1-11(15)14-9-3-4-10-18(16)13-7-5-12(17-2)6-8-13/h5-8H,3-4,9-10H2,1-2H3,(H,14,15). The minimum atomic E-state index is -0.976. The Hall–Kier alpha value is -1.36. The lowest BCUT2D eigenvalue weighted by atomic mass is 10.3. The maximum absolute atomic E-state index is 11.9. The Labute approximate surface area is 110 Å². The molecule has 1 aromatic rings. The molecule has 0 aliphatic heterocycles. The fourth-order valence-corrected chi connectivity index (χ4v) is 2.61. The molecule has 100 valence electrons. The van der Waals surface area contributed by atoms with Gasteiger partial charge in [-0.25, -0.2) is 0 Å². The predicted octanol–water partition coefficient (Wildman–Crippen LogP) is 1.72. The highest BCUT2D eigenvalue weighted by molar-refractivity contribution is 7.85. The Morgan fingerprint density at radius 2 is 1.94 bits per heavy atom. The summed E-state index contributed by atoms with van der Waals surface area (Å²) in [6.07, 6.45) is 1.68. The molecule has 0 radical (unpaired) electrons. The maximum Gasteiger partial charge on any atom is 0.216 e. The summed E-state index contributed by atoms with van der Waals surface area (Å²) < 4.78 is 17.0. The van der Waals surface area contributed by atoms with Crippen molar-refractivity contribution in [2.24, 2.45) is 0 Å². The van der Waals surface area contributed by atoms with Gasteiger partial charge in [-0.3, -0.25) is 9.00 Å². The molecular weight excluding hydrogens is 250 g/mol. The van der Waals surface area contributed by atoms with Crippen molar-refractivity contribution in [1.29, 1.82) is 0 Å². The van der Waals surface area contributed by atoms with E-state index in [0.29, 0.717) is 12.3 Å². The smallest absolute Gasteiger partial charge is 0.216 e. The van der Waals surface area contributed by atoms with E-state index in [9.17, 15) is 9.00 Å². The molecule has 0 saturated heterocycles. The predicted molar refractivity (Wildman–Crippen MR) is 72.2 cm³/mol. The van der Waals surface area contributed by atoms with Crippen molar-refractivity contribution in [1.82, 2.24) is 5.32 Å². The van der Waals surface area contributed by atoms with Crippen LogP contribution < -0.4 is 10.1 Å². The second-order valence-corrected chi connectivity index (χ2v) is 5.49. The number of methoxy groups -OCH3 is 1. The highest BCUT2D eigenvalue weighted by Gasteiger charge is 2.03. The first-order valence-corrected chi connectivity index (χ1v) is 7.22. The van der Waals surface area contributed by atoms with Crippen molar-refractivity contribution in [2.75, 3.05) is 19.4 Å². The zero-order valence-electron chi connectivity index (χ0n) is 10.8. The molecule has 0 saturated carbocycles. The lowest BCUT2D eigenvalue weighted by Gasteiger charge is -2.04. The minimum absolute atomic E-state index is 0.0220. The van der Waals surface area contributed by atoms with E-state index in [4.69, 9.17) is 4.74 Å². The van der Waals surface area contributed by atoms with E-state index in [1.807, 2.05) is 24.3 Å². The quantitative estimate of drug-likeness (QED) is 0.767. The monoisotopic (exact) mass is 269 g/mol. The molecular formula is C13H19NO3S. The minimum Gasteiger partial charge on any atom is -0.497 e. The summed E-state index contributed by atoms with van der Waals surface area (Å²) in [4.78, 5) is 11.5. The van der Waals surface area contributed by atoms with E-state index in [1.54, 1.807) is 7.11 Å². The molecule has 0 aromatic heterocycles. The number of hydrogen-bond donors (Lipinski definition) is 1. The van der Waals surface area contributed by atoms with E-state index in [1.165, 1.54) is 6.92 Å². The van der Waals surface area contributed by atoms with E-state index in [-0.39, 0.29) is 5.91 Å². The number of ether oxygens (including phenoxy) is 1. The van der Waals surface area contributed by atoms with Crippen molar-refractivity contribution in [2.45, 2.75) is 24.7 Å². The first-order valence-electron chi connectivity index (χ1n) is 5.90. The lowest BCUT2D eigenvalue weighted by molar-refractivity contribution is -0.118. The molecule has 1 rings (SSSR count). The van der Waals surface area contributed by atoms with Crippen LogP contribution in [0.5, 0.6) is 5.75 Å². The van der Waals surface area contributed by atoms with Crippen LogP contribution in [-0.2, 0) is 15.6 Å². The summed E-state index contributed by atoms with van der Waals surface area (Å²) >= 11 is 0. The third kappa shape index (κ3) is 5.31. The largest absolute Gasteiger partial charge is 0.497 e. The first-order chi connectivity index (χ1) is 8.63. The summed E-state index contributed by atoms with van der Waals surface area (Å²) in [6, 6.07) is 7.26. The normalized spacial score (nSPS) is 11.9. The third-order valence-electron chi connectivity index (χ3n) is 2.45. The van der Waals surface area contributed by atoms with E-state index in [2.05, 4.69) is 5.32 Å². The van der Waals surface area contributed by atoms with Crippen LogP contribution in [0.1, 0.15) is 19.8 Å². The average Bonchev–Trinajstić information content (AvgIpc) is 2.38. The third-order valence-corrected chi connectivity index (χ3v) is 3.91. The van der Waals surface area contributed by atoms with Crippen molar-refractivity contribution in [3.63, 3.8) is 0 Å². The Morgan fingerprint density at radius 3 is 2.50 bits per heavy atom. The number of benzene rings is 1. The molecule has 18 heavy (non-hydrogen) atoms. The molecule has 1 amide bonds. The Morgan fingerprint density at radius 1 is 1.28 bits per heavy atom. The summed E-state index contributed by atoms with van der Waals surface area (Å²) in [5.41, 5.74) is 0. The molecule has 1 atom stereocenters. The molecule has 1 unspecified atom stereocenters. The average molecular weight is 269 g/mol. The van der Waals surface area contributed by atoms with Gasteiger partial charge in [0, 0.05) is 24.1 Å². The summed E-state index contributed by atoms with van der Waals surface area (Å²) in [6.45, 7) is 2.14. The zero-order chi connectivity index (χ0) is 13.4. The number of amides is 1. The van der Waals surface area contributed by atoms with Gasteiger partial charge < -0.3 is 10.1 Å². The summed E-state index contributed by atoms with van der Waals surface area (Å²) in [7, 11) is 0.629. The molecule has 5 heteroatoms. The van der Waals surface area contributed by atoms with E-state index < -0.39 is 10.8 Å². The van der Waals surface area contributed by atoms with Gasteiger partial charge in [-0.2, -0.15) is 0 Å². The van der Waals surface area contributed by atoms with Crippen molar-refractivity contribution < 1.29 is 13.7 Å². The fourth-order valence-electron chi connectivity index (χ4n) is 1.47. The van der Waals surface area contributed by atoms with Gasteiger partial charge in [0.05, 0.1) is 17.9 Å². The molecule has 0 heterocycles. The molecule has 0 fully saturated rings. The second-order valence-electron chi connectivity index (χ2n) is 3.92. The van der Waals surface area contributed by atoms with Gasteiger partial charge in [0.2, 0.25) is 5.91 Å². The number of rotatable bonds is 7. The van der Waals surface area contributed by atoms with Crippen LogP contribution in [0.15, 0.2) is 29.2 Å². The van der Waals surface area contributed by atoms with Gasteiger partial charge in [-0.15, -0.1) is 0 Å². The maximum atomic E-state index is 11.9. The molecule has 4 nitrogen and oxygen atoms in total. The number of carbonyl (C=O) groups is 1. The van der Waals surface area contributed by atoms with Crippen LogP contribution in [0, 0.1) is 0 Å². The fraction of sp³-hybridized carbons (Fsp3) is 0.462. The number of nitrogens with one attached hydrogen (secondary N) is 1. The number of hydrogen-bond acceptors (Lipinski definition) is 3. The molecule has 0 aliphatic rings. The highest BCUT2D eigenvalue weighted by atomic mass is 32.2. The number of carbonyl (C=O) groups excluding carboxylic acids is 1. The Balaban J connectivity index is 2.29. The summed E-state index contributed by atoms with van der Waals surface area (Å²) in [5, 5.41) is 2.72. The van der Waals surface area contributed by atoms with Crippen LogP contribution in [0.2, 0.25) is 0 Å². The van der Waals surface area contributed by atoms with Gasteiger partial charge in [0.1, 0.15) is 5.75 Å². The topological polar surface area (TPSA) is 55.4 Å².